The van der Waals surface area contributed by atoms with Crippen LogP contribution in [0.15, 0.2) is 67.1 Å². The van der Waals surface area contributed by atoms with Crippen LogP contribution in [0, 0.1) is 0 Å². The number of amides is 1. The number of ether oxygens (including phenoxy) is 1. The molecule has 0 aliphatic heterocycles. The number of fused-ring (bicyclic) bond motifs is 3. The van der Waals surface area contributed by atoms with Crippen molar-refractivity contribution in [1.82, 2.24) is 29.4 Å². The maximum atomic E-state index is 12.6. The summed E-state index contributed by atoms with van der Waals surface area (Å²) >= 11 is 0. The fourth-order valence-corrected chi connectivity index (χ4v) is 4.39. The number of aryl methyl sites for hydroxylation is 1. The zero-order valence-electron chi connectivity index (χ0n) is 20.2. The van der Waals surface area contributed by atoms with Gasteiger partial charge in [-0.15, -0.1) is 0 Å². The topological polar surface area (TPSA) is 113 Å². The van der Waals surface area contributed by atoms with Crippen LogP contribution in [-0.4, -0.2) is 50.3 Å². The van der Waals surface area contributed by atoms with Crippen LogP contribution in [0.5, 0.6) is 0 Å². The number of nitrogens with one attached hydrogen (secondary N) is 1. The van der Waals surface area contributed by atoms with E-state index in [2.05, 4.69) is 25.9 Å². The highest BCUT2D eigenvalue weighted by molar-refractivity contribution is 6.06. The number of aromatic nitrogens is 5. The molecule has 5 aromatic rings. The van der Waals surface area contributed by atoms with E-state index >= 15 is 0 Å². The molecule has 0 bridgehead atoms. The molecule has 3 N–H and O–H groups in total. The van der Waals surface area contributed by atoms with E-state index < -0.39 is 0 Å². The Morgan fingerprint density at radius 3 is 2.67 bits per heavy atom. The number of anilines is 1. The minimum absolute atomic E-state index is 0.125. The first kappa shape index (κ1) is 23.5. The van der Waals surface area contributed by atoms with Gasteiger partial charge in [-0.1, -0.05) is 18.2 Å². The van der Waals surface area contributed by atoms with E-state index in [1.54, 1.807) is 19.4 Å². The molecule has 0 aliphatic carbocycles. The molecule has 9 heteroatoms. The number of methoxy groups -OCH3 is 1. The van der Waals surface area contributed by atoms with Gasteiger partial charge in [-0.2, -0.15) is 0 Å². The Hall–Kier alpha value is -4.24. The van der Waals surface area contributed by atoms with E-state index in [1.807, 2.05) is 53.4 Å². The highest BCUT2D eigenvalue weighted by Crippen LogP contribution is 2.29. The Labute approximate surface area is 208 Å². The van der Waals surface area contributed by atoms with E-state index in [1.165, 1.54) is 0 Å². The molecule has 184 valence electrons. The van der Waals surface area contributed by atoms with Crippen molar-refractivity contribution in [3.63, 3.8) is 0 Å². The number of nitrogens with zero attached hydrogens (tertiary/aromatic N) is 5. The lowest BCUT2D eigenvalue weighted by Crippen LogP contribution is -2.24. The lowest BCUT2D eigenvalue weighted by molar-refractivity contribution is 0.0952. The Balaban J connectivity index is 1.24. The number of nitrogens with two attached hydrogens (primary N) is 1. The number of rotatable bonds is 10. The van der Waals surface area contributed by atoms with Crippen LogP contribution in [0.25, 0.3) is 27.8 Å². The second kappa shape index (κ2) is 10.6. The summed E-state index contributed by atoms with van der Waals surface area (Å²) in [6, 6.07) is 15.5. The van der Waals surface area contributed by atoms with Gasteiger partial charge >= 0.3 is 0 Å². The van der Waals surface area contributed by atoms with Crippen LogP contribution < -0.4 is 11.1 Å². The van der Waals surface area contributed by atoms with Gasteiger partial charge in [0, 0.05) is 50.6 Å². The molecule has 0 saturated carbocycles. The number of benzene rings is 1. The lowest BCUT2D eigenvalue weighted by atomic mass is 10.2. The highest BCUT2D eigenvalue weighted by Gasteiger charge is 2.17. The van der Waals surface area contributed by atoms with Crippen molar-refractivity contribution < 1.29 is 9.53 Å². The third-order valence-electron chi connectivity index (χ3n) is 6.19. The molecule has 1 aromatic carbocycles. The predicted molar refractivity (Wildman–Crippen MR) is 140 cm³/mol. The fraction of sp³-hybridized carbons (Fsp3) is 0.259. The summed E-state index contributed by atoms with van der Waals surface area (Å²) in [6.45, 7) is 1.90. The summed E-state index contributed by atoms with van der Waals surface area (Å²) in [5.41, 5.74) is 9.39. The van der Waals surface area contributed by atoms with Crippen molar-refractivity contribution in [1.29, 1.82) is 0 Å². The summed E-state index contributed by atoms with van der Waals surface area (Å²) < 4.78 is 9.42. The Morgan fingerprint density at radius 1 is 1.06 bits per heavy atom. The number of para-hydroxylation sites is 1. The quantitative estimate of drug-likeness (QED) is 0.293. The second-order valence-electron chi connectivity index (χ2n) is 8.59. The number of carbonyl (C=O) groups is 1. The molecule has 0 unspecified atom stereocenters. The van der Waals surface area contributed by atoms with Crippen LogP contribution in [0.2, 0.25) is 0 Å². The average molecular weight is 484 g/mol. The van der Waals surface area contributed by atoms with E-state index in [4.69, 9.17) is 15.5 Å². The van der Waals surface area contributed by atoms with Gasteiger partial charge in [0.25, 0.3) is 5.91 Å². The molecule has 4 heterocycles. The third-order valence-corrected chi connectivity index (χ3v) is 6.19. The number of hydrogen-bond donors (Lipinski definition) is 2. The molecule has 36 heavy (non-hydrogen) atoms. The molecule has 9 nitrogen and oxygen atoms in total. The van der Waals surface area contributed by atoms with E-state index in [9.17, 15) is 4.79 Å². The predicted octanol–water partition coefficient (Wildman–Crippen LogP) is 3.75. The van der Waals surface area contributed by atoms with Gasteiger partial charge in [-0.3, -0.25) is 4.79 Å². The van der Waals surface area contributed by atoms with Crippen LogP contribution >= 0.6 is 0 Å². The molecule has 0 fully saturated rings. The first-order valence-corrected chi connectivity index (χ1v) is 12.1. The lowest BCUT2D eigenvalue weighted by Gasteiger charge is -2.11. The number of hydrogen-bond acceptors (Lipinski definition) is 6. The van der Waals surface area contributed by atoms with Crippen LogP contribution in [0.1, 0.15) is 29.0 Å². The molecule has 5 rings (SSSR count). The summed E-state index contributed by atoms with van der Waals surface area (Å²) in [5, 5.41) is 4.03. The second-order valence-corrected chi connectivity index (χ2v) is 8.59. The number of pyridine rings is 2. The Kier molecular flexibility index (Phi) is 6.90. The molecule has 0 radical (unpaired) electrons. The third kappa shape index (κ3) is 4.78. The molecule has 1 amide bonds. The molecule has 0 spiro atoms. The Morgan fingerprint density at radius 2 is 1.89 bits per heavy atom. The summed E-state index contributed by atoms with van der Waals surface area (Å²) in [7, 11) is 1.69. The standard InChI is InChI=1S/C27H29N7O2/c1-36-17-12-23-32-24-25(20-8-2-3-9-21(20)31-26(24)28)34(23)16-5-4-13-29-27(35)19-10-11-22(30-18-19)33-14-6-7-15-33/h2-3,6-11,14-15,18H,4-5,12-13,16-17H2,1H3,(H2,28,31)(H,29,35). The maximum absolute atomic E-state index is 12.6. The van der Waals surface area contributed by atoms with E-state index in [0.717, 1.165) is 53.0 Å². The smallest absolute Gasteiger partial charge is 0.252 e. The Bertz CT molecular complexity index is 1470. The van der Waals surface area contributed by atoms with Crippen LogP contribution in [0.4, 0.5) is 5.82 Å². The molecule has 0 aliphatic rings. The summed E-state index contributed by atoms with van der Waals surface area (Å²) in [4.78, 5) is 26.3. The molecule has 4 aromatic heterocycles. The van der Waals surface area contributed by atoms with Crippen molar-refractivity contribution >= 4 is 33.7 Å². The fourth-order valence-electron chi connectivity index (χ4n) is 4.39. The zero-order valence-corrected chi connectivity index (χ0v) is 20.2. The van der Waals surface area contributed by atoms with Crippen molar-refractivity contribution in [2.75, 3.05) is 26.0 Å². The van der Waals surface area contributed by atoms with Crippen molar-refractivity contribution in [3.8, 4) is 5.82 Å². The normalized spacial score (nSPS) is 11.4. The van der Waals surface area contributed by atoms with Crippen molar-refractivity contribution in [2.24, 2.45) is 0 Å². The first-order chi connectivity index (χ1) is 17.7. The number of carbonyl (C=O) groups excluding carboxylic acids is 1. The monoisotopic (exact) mass is 483 g/mol. The zero-order chi connectivity index (χ0) is 24.9. The van der Waals surface area contributed by atoms with Gasteiger partial charge in [0.15, 0.2) is 5.82 Å². The van der Waals surface area contributed by atoms with E-state index in [0.29, 0.717) is 31.0 Å². The number of nitrogen functional groups attached to an aromatic ring is 1. The summed E-state index contributed by atoms with van der Waals surface area (Å²) in [5.74, 6) is 2.01. The largest absolute Gasteiger partial charge is 0.384 e. The molecule has 0 saturated heterocycles. The molecule has 0 atom stereocenters. The molecular formula is C27H29N7O2. The van der Waals surface area contributed by atoms with Crippen molar-refractivity contribution in [3.05, 3.63) is 78.5 Å². The summed E-state index contributed by atoms with van der Waals surface area (Å²) in [6.07, 6.45) is 7.81. The number of unbranched alkanes of at least 4 members (excludes halogenated alkanes) is 1. The van der Waals surface area contributed by atoms with E-state index in [-0.39, 0.29) is 5.91 Å². The molecular weight excluding hydrogens is 454 g/mol. The van der Waals surface area contributed by atoms with Gasteiger partial charge < -0.3 is 24.9 Å². The highest BCUT2D eigenvalue weighted by atomic mass is 16.5. The average Bonchev–Trinajstić information content (AvgIpc) is 3.56. The maximum Gasteiger partial charge on any atom is 0.252 e. The van der Waals surface area contributed by atoms with Gasteiger partial charge in [0.2, 0.25) is 0 Å². The van der Waals surface area contributed by atoms with Crippen LogP contribution in [0.3, 0.4) is 0 Å². The SMILES string of the molecule is COCCc1nc2c(N)nc3ccccc3c2n1CCCCNC(=O)c1ccc(-n2cccc2)nc1. The first-order valence-electron chi connectivity index (χ1n) is 12.1. The van der Waals surface area contributed by atoms with Gasteiger partial charge in [0.05, 0.1) is 23.2 Å². The van der Waals surface area contributed by atoms with Gasteiger partial charge in [-0.05, 0) is 43.2 Å². The van der Waals surface area contributed by atoms with Crippen molar-refractivity contribution in [2.45, 2.75) is 25.8 Å². The number of imidazole rings is 1. The van der Waals surface area contributed by atoms with Gasteiger partial charge in [0.1, 0.15) is 17.2 Å². The van der Waals surface area contributed by atoms with Crippen LogP contribution in [-0.2, 0) is 17.7 Å². The minimum atomic E-state index is -0.125. The minimum Gasteiger partial charge on any atom is -0.384 e. The van der Waals surface area contributed by atoms with Gasteiger partial charge in [-0.25, -0.2) is 15.0 Å².